The van der Waals surface area contributed by atoms with Crippen LogP contribution < -0.4 is 10.9 Å². The Bertz CT molecular complexity index is 1140. The van der Waals surface area contributed by atoms with Crippen LogP contribution >= 0.6 is 39.0 Å². The van der Waals surface area contributed by atoms with Gasteiger partial charge in [-0.2, -0.15) is 0 Å². The highest BCUT2D eigenvalue weighted by Crippen LogP contribution is 2.34. The molecule has 2 aromatic heterocycles. The van der Waals surface area contributed by atoms with Crippen molar-refractivity contribution in [3.63, 3.8) is 0 Å². The van der Waals surface area contributed by atoms with Gasteiger partial charge >= 0.3 is 0 Å². The number of benzene rings is 1. The average Bonchev–Trinajstić information content (AvgIpc) is 3.04. The van der Waals surface area contributed by atoms with E-state index in [9.17, 15) is 9.59 Å². The number of fused-ring (bicyclic) bond motifs is 3. The van der Waals surface area contributed by atoms with Crippen LogP contribution in [-0.2, 0) is 24.7 Å². The van der Waals surface area contributed by atoms with Crippen LogP contribution in [0.2, 0.25) is 0 Å². The second-order valence-corrected chi connectivity index (χ2v) is 9.85. The molecule has 0 spiro atoms. The summed E-state index contributed by atoms with van der Waals surface area (Å²) in [5, 5.41) is 4.25. The lowest BCUT2D eigenvalue weighted by Gasteiger charge is -2.11. The number of nitrogens with one attached hydrogen (secondary N) is 1. The number of halogens is 1. The van der Waals surface area contributed by atoms with E-state index in [2.05, 4.69) is 21.2 Å². The highest BCUT2D eigenvalue weighted by Gasteiger charge is 2.21. The first-order valence-electron chi connectivity index (χ1n) is 9.14. The SMILES string of the molecule is Cc1ccc(NC(=O)CSc2nc3sc4c(c3c(=O)n2C)CCCC4)c(Br)c1. The number of carbonyl (C=O) groups excluding carboxylic acids is 1. The molecule has 4 rings (SSSR count). The van der Waals surface area contributed by atoms with Gasteiger partial charge in [-0.1, -0.05) is 17.8 Å². The quantitative estimate of drug-likeness (QED) is 0.437. The van der Waals surface area contributed by atoms with Crippen molar-refractivity contribution in [2.24, 2.45) is 7.05 Å². The highest BCUT2D eigenvalue weighted by molar-refractivity contribution is 9.10. The largest absolute Gasteiger partial charge is 0.324 e. The molecule has 8 heteroatoms. The van der Waals surface area contributed by atoms with Gasteiger partial charge in [-0.25, -0.2) is 4.98 Å². The zero-order chi connectivity index (χ0) is 19.8. The maximum atomic E-state index is 12.9. The molecule has 1 aromatic carbocycles. The van der Waals surface area contributed by atoms with Gasteiger partial charge in [0, 0.05) is 16.4 Å². The Morgan fingerprint density at radius 3 is 2.93 bits per heavy atom. The average molecular weight is 478 g/mol. The van der Waals surface area contributed by atoms with Crippen molar-refractivity contribution < 1.29 is 4.79 Å². The van der Waals surface area contributed by atoms with Gasteiger partial charge in [0.15, 0.2) is 5.16 Å². The van der Waals surface area contributed by atoms with E-state index in [1.807, 2.05) is 25.1 Å². The fraction of sp³-hybridized carbons (Fsp3) is 0.350. The fourth-order valence-electron chi connectivity index (χ4n) is 3.43. The minimum Gasteiger partial charge on any atom is -0.324 e. The number of thiophene rings is 1. The standard InChI is InChI=1S/C20H20BrN3O2S2/c1-11-7-8-14(13(21)9-11)22-16(25)10-27-20-23-18-17(19(26)24(20)2)12-5-3-4-6-15(12)28-18/h7-9H,3-6,10H2,1-2H3,(H,22,25). The summed E-state index contributed by atoms with van der Waals surface area (Å²) in [6.45, 7) is 2.00. The minimum atomic E-state index is -0.130. The van der Waals surface area contributed by atoms with E-state index in [-0.39, 0.29) is 17.2 Å². The molecule has 2 heterocycles. The molecule has 0 atom stereocenters. The van der Waals surface area contributed by atoms with E-state index in [1.54, 1.807) is 23.0 Å². The third kappa shape index (κ3) is 3.77. The lowest BCUT2D eigenvalue weighted by atomic mass is 9.97. The molecule has 0 saturated carbocycles. The summed E-state index contributed by atoms with van der Waals surface area (Å²) in [4.78, 5) is 32.1. The smallest absolute Gasteiger partial charge is 0.262 e. The van der Waals surface area contributed by atoms with E-state index in [0.717, 1.165) is 45.2 Å². The number of hydrogen-bond donors (Lipinski definition) is 1. The molecule has 0 bridgehead atoms. The van der Waals surface area contributed by atoms with Crippen molar-refractivity contribution in [1.29, 1.82) is 0 Å². The van der Waals surface area contributed by atoms with Crippen molar-refractivity contribution in [3.8, 4) is 0 Å². The van der Waals surface area contributed by atoms with Crippen LogP contribution in [0, 0.1) is 6.92 Å². The third-order valence-electron chi connectivity index (χ3n) is 4.89. The molecule has 1 aliphatic rings. The van der Waals surface area contributed by atoms with E-state index < -0.39 is 0 Å². The molecule has 0 aliphatic heterocycles. The van der Waals surface area contributed by atoms with Crippen LogP contribution in [-0.4, -0.2) is 21.2 Å². The predicted molar refractivity (Wildman–Crippen MR) is 120 cm³/mol. The Morgan fingerprint density at radius 2 is 2.14 bits per heavy atom. The van der Waals surface area contributed by atoms with E-state index in [1.165, 1.54) is 28.6 Å². The minimum absolute atomic E-state index is 0.00594. The third-order valence-corrected chi connectivity index (χ3v) is 7.76. The van der Waals surface area contributed by atoms with Crippen LogP contribution in [0.3, 0.4) is 0 Å². The Hall–Kier alpha value is -1.64. The van der Waals surface area contributed by atoms with E-state index in [0.29, 0.717) is 5.16 Å². The molecule has 3 aromatic rings. The van der Waals surface area contributed by atoms with Gasteiger partial charge in [-0.15, -0.1) is 11.3 Å². The van der Waals surface area contributed by atoms with Crippen LogP contribution in [0.4, 0.5) is 5.69 Å². The molecule has 28 heavy (non-hydrogen) atoms. The van der Waals surface area contributed by atoms with Gasteiger partial charge in [-0.3, -0.25) is 14.2 Å². The Kier molecular flexibility index (Phi) is 5.62. The van der Waals surface area contributed by atoms with E-state index >= 15 is 0 Å². The first kappa shape index (κ1) is 19.7. The second-order valence-electron chi connectivity index (χ2n) is 6.97. The van der Waals surface area contributed by atoms with Crippen molar-refractivity contribution in [2.75, 3.05) is 11.1 Å². The first-order valence-corrected chi connectivity index (χ1v) is 11.7. The maximum Gasteiger partial charge on any atom is 0.262 e. The van der Waals surface area contributed by atoms with Gasteiger partial charge in [0.05, 0.1) is 16.8 Å². The van der Waals surface area contributed by atoms with Crippen LogP contribution in [0.15, 0.2) is 32.6 Å². The maximum absolute atomic E-state index is 12.9. The lowest BCUT2D eigenvalue weighted by Crippen LogP contribution is -2.22. The summed E-state index contributed by atoms with van der Waals surface area (Å²) in [5.41, 5.74) is 3.04. The lowest BCUT2D eigenvalue weighted by molar-refractivity contribution is -0.113. The number of aromatic nitrogens is 2. The van der Waals surface area contributed by atoms with Crippen molar-refractivity contribution in [3.05, 3.63) is 49.0 Å². The number of carbonyl (C=O) groups is 1. The van der Waals surface area contributed by atoms with Crippen molar-refractivity contribution >= 4 is 60.8 Å². The van der Waals surface area contributed by atoms with Gasteiger partial charge < -0.3 is 5.32 Å². The van der Waals surface area contributed by atoms with Gasteiger partial charge in [0.2, 0.25) is 5.91 Å². The predicted octanol–water partition coefficient (Wildman–Crippen LogP) is 4.68. The highest BCUT2D eigenvalue weighted by atomic mass is 79.9. The number of anilines is 1. The topological polar surface area (TPSA) is 64.0 Å². The number of nitrogens with zero attached hydrogens (tertiary/aromatic N) is 2. The Balaban J connectivity index is 1.54. The number of rotatable bonds is 4. The Labute approximate surface area is 179 Å². The molecule has 0 fully saturated rings. The Morgan fingerprint density at radius 1 is 1.36 bits per heavy atom. The summed E-state index contributed by atoms with van der Waals surface area (Å²) in [7, 11) is 1.73. The first-order chi connectivity index (χ1) is 13.4. The molecule has 1 aliphatic carbocycles. The molecule has 0 saturated heterocycles. The zero-order valence-corrected chi connectivity index (χ0v) is 18.9. The molecular formula is C20H20BrN3O2S2. The number of aryl methyl sites for hydroxylation is 3. The molecule has 5 nitrogen and oxygen atoms in total. The molecule has 146 valence electrons. The molecule has 0 unspecified atom stereocenters. The molecule has 0 radical (unpaired) electrons. The van der Waals surface area contributed by atoms with Crippen molar-refractivity contribution in [1.82, 2.24) is 9.55 Å². The summed E-state index contributed by atoms with van der Waals surface area (Å²) in [5.74, 6) is 0.0614. The molecular weight excluding hydrogens is 458 g/mol. The number of amides is 1. The summed E-state index contributed by atoms with van der Waals surface area (Å²) < 4.78 is 2.42. The van der Waals surface area contributed by atoms with Crippen LogP contribution in [0.5, 0.6) is 0 Å². The fourth-order valence-corrected chi connectivity index (χ4v) is 6.10. The van der Waals surface area contributed by atoms with Crippen molar-refractivity contribution in [2.45, 2.75) is 37.8 Å². The van der Waals surface area contributed by atoms with Gasteiger partial charge in [0.25, 0.3) is 5.56 Å². The van der Waals surface area contributed by atoms with Gasteiger partial charge in [-0.05, 0) is 71.8 Å². The van der Waals surface area contributed by atoms with Crippen LogP contribution in [0.25, 0.3) is 10.2 Å². The monoisotopic (exact) mass is 477 g/mol. The molecule has 1 N–H and O–H groups in total. The number of thioether (sulfide) groups is 1. The normalized spacial score (nSPS) is 13.5. The van der Waals surface area contributed by atoms with E-state index in [4.69, 9.17) is 4.98 Å². The number of hydrogen-bond acceptors (Lipinski definition) is 5. The second kappa shape index (κ2) is 8.00. The molecule has 1 amide bonds. The zero-order valence-electron chi connectivity index (χ0n) is 15.7. The van der Waals surface area contributed by atoms with Crippen LogP contribution in [0.1, 0.15) is 28.8 Å². The summed E-state index contributed by atoms with van der Waals surface area (Å²) >= 11 is 6.39. The van der Waals surface area contributed by atoms with Gasteiger partial charge in [0.1, 0.15) is 4.83 Å². The summed E-state index contributed by atoms with van der Waals surface area (Å²) in [6, 6.07) is 5.78. The summed E-state index contributed by atoms with van der Waals surface area (Å²) in [6.07, 6.45) is 4.31.